The van der Waals surface area contributed by atoms with E-state index >= 15 is 0 Å². The van der Waals surface area contributed by atoms with Crippen LogP contribution in [0, 0.1) is 0 Å². The summed E-state index contributed by atoms with van der Waals surface area (Å²) < 4.78 is 2.41. The molecule has 0 amide bonds. The molecule has 3 N–H and O–H groups in total. The van der Waals surface area contributed by atoms with Crippen LogP contribution in [0.1, 0.15) is 18.5 Å². The van der Waals surface area contributed by atoms with Crippen LogP contribution in [0.25, 0.3) is 0 Å². The fourth-order valence-electron chi connectivity index (χ4n) is 1.41. The van der Waals surface area contributed by atoms with E-state index in [0.717, 1.165) is 14.9 Å². The first-order valence-corrected chi connectivity index (χ1v) is 6.94. The van der Waals surface area contributed by atoms with Crippen molar-refractivity contribution in [3.05, 3.63) is 38.7 Å². The van der Waals surface area contributed by atoms with Crippen LogP contribution < -0.4 is 11.4 Å². The average Bonchev–Trinajstić information content (AvgIpc) is 2.63. The summed E-state index contributed by atoms with van der Waals surface area (Å²) >= 11 is 4.92. The van der Waals surface area contributed by atoms with Crippen LogP contribution in [-0.4, -0.2) is 14.8 Å². The number of hydrogen-bond acceptors (Lipinski definition) is 4. The molecule has 0 spiro atoms. The molecule has 18 heavy (non-hydrogen) atoms. The quantitative estimate of drug-likeness (QED) is 0.903. The maximum atomic E-state index is 11.3. The summed E-state index contributed by atoms with van der Waals surface area (Å²) in [7, 11) is 1.68. The predicted molar refractivity (Wildman–Crippen MR) is 74.7 cm³/mol. The van der Waals surface area contributed by atoms with Crippen LogP contribution in [0.4, 0.5) is 0 Å². The number of benzene rings is 1. The molecule has 1 atom stereocenters. The minimum Gasteiger partial charge on any atom is -0.324 e. The molecule has 0 bridgehead atoms. The van der Waals surface area contributed by atoms with Crippen molar-refractivity contribution >= 4 is 27.7 Å². The Hall–Kier alpha value is -1.05. The van der Waals surface area contributed by atoms with E-state index in [1.165, 1.54) is 16.3 Å². The lowest BCUT2D eigenvalue weighted by Gasteiger charge is -2.09. The van der Waals surface area contributed by atoms with Crippen molar-refractivity contribution in [3.8, 4) is 0 Å². The maximum Gasteiger partial charge on any atom is 0.343 e. The molecule has 2 rings (SSSR count). The number of hydrogen-bond donors (Lipinski definition) is 2. The van der Waals surface area contributed by atoms with Crippen molar-refractivity contribution in [2.45, 2.75) is 23.0 Å². The second-order valence-corrected chi connectivity index (χ2v) is 5.81. The molecule has 0 aliphatic carbocycles. The first kappa shape index (κ1) is 13.4. The standard InChI is InChI=1S/C11H13BrN4OS/c1-6(13)7-3-4-9(8(12)5-7)18-11-15-14-10(17)16(11)2/h3-6H,13H2,1-2H3,(H,14,17)/t6-/m0/s1. The van der Waals surface area contributed by atoms with Gasteiger partial charge in [-0.25, -0.2) is 9.89 Å². The normalized spacial score (nSPS) is 12.7. The number of nitrogens with zero attached hydrogens (tertiary/aromatic N) is 2. The van der Waals surface area contributed by atoms with Crippen LogP contribution in [0.5, 0.6) is 0 Å². The van der Waals surface area contributed by atoms with Crippen molar-refractivity contribution in [2.75, 3.05) is 0 Å². The zero-order chi connectivity index (χ0) is 13.3. The lowest BCUT2D eigenvalue weighted by atomic mass is 10.1. The number of rotatable bonds is 3. The number of nitrogens with two attached hydrogens (primary N) is 1. The molecule has 0 aliphatic rings. The third-order valence-corrected chi connectivity index (χ3v) is 4.56. The molecule has 0 aliphatic heterocycles. The molecule has 0 saturated carbocycles. The van der Waals surface area contributed by atoms with E-state index in [4.69, 9.17) is 5.73 Å². The van der Waals surface area contributed by atoms with Gasteiger partial charge in [-0.1, -0.05) is 6.07 Å². The fraction of sp³-hybridized carbons (Fsp3) is 0.273. The first-order valence-electron chi connectivity index (χ1n) is 5.33. The summed E-state index contributed by atoms with van der Waals surface area (Å²) in [6.07, 6.45) is 0. The van der Waals surface area contributed by atoms with Crippen molar-refractivity contribution in [1.29, 1.82) is 0 Å². The summed E-state index contributed by atoms with van der Waals surface area (Å²) in [5.74, 6) is 0. The van der Waals surface area contributed by atoms with Gasteiger partial charge in [-0.15, -0.1) is 5.10 Å². The highest BCUT2D eigenvalue weighted by molar-refractivity contribution is 9.10. The Bertz CT molecular complexity index is 620. The Labute approximate surface area is 117 Å². The van der Waals surface area contributed by atoms with E-state index in [9.17, 15) is 4.79 Å². The van der Waals surface area contributed by atoms with Gasteiger partial charge in [-0.05, 0) is 52.3 Å². The Morgan fingerprint density at radius 2 is 2.28 bits per heavy atom. The molecular formula is C11H13BrN4OS. The summed E-state index contributed by atoms with van der Waals surface area (Å²) in [5, 5.41) is 6.98. The number of H-pyrrole nitrogens is 1. The Balaban J connectivity index is 2.30. The van der Waals surface area contributed by atoms with E-state index in [1.807, 2.05) is 25.1 Å². The van der Waals surface area contributed by atoms with Gasteiger partial charge in [-0.2, -0.15) is 0 Å². The third-order valence-electron chi connectivity index (χ3n) is 2.52. The van der Waals surface area contributed by atoms with Gasteiger partial charge >= 0.3 is 5.69 Å². The number of aromatic nitrogens is 3. The van der Waals surface area contributed by atoms with Crippen LogP contribution in [0.15, 0.2) is 37.5 Å². The second kappa shape index (κ2) is 5.29. The number of nitrogens with one attached hydrogen (secondary N) is 1. The first-order chi connectivity index (χ1) is 8.49. The fourth-order valence-corrected chi connectivity index (χ4v) is 2.84. The van der Waals surface area contributed by atoms with Gasteiger partial charge in [0.25, 0.3) is 0 Å². The second-order valence-electron chi connectivity index (χ2n) is 3.95. The van der Waals surface area contributed by atoms with E-state index < -0.39 is 0 Å². The van der Waals surface area contributed by atoms with Crippen LogP contribution in [0.2, 0.25) is 0 Å². The molecule has 0 fully saturated rings. The van der Waals surface area contributed by atoms with Gasteiger partial charge in [0.1, 0.15) is 0 Å². The Morgan fingerprint density at radius 3 is 2.78 bits per heavy atom. The zero-order valence-corrected chi connectivity index (χ0v) is 12.4. The summed E-state index contributed by atoms with van der Waals surface area (Å²) in [6, 6.07) is 5.92. The zero-order valence-electron chi connectivity index (χ0n) is 9.98. The molecule has 0 unspecified atom stereocenters. The van der Waals surface area contributed by atoms with Crippen LogP contribution >= 0.6 is 27.7 Å². The maximum absolute atomic E-state index is 11.3. The summed E-state index contributed by atoms with van der Waals surface area (Å²) in [5.41, 5.74) is 6.66. The van der Waals surface area contributed by atoms with Gasteiger partial charge < -0.3 is 5.73 Å². The largest absolute Gasteiger partial charge is 0.343 e. The van der Waals surface area contributed by atoms with Crippen molar-refractivity contribution in [1.82, 2.24) is 14.8 Å². The van der Waals surface area contributed by atoms with Gasteiger partial charge in [0.05, 0.1) is 0 Å². The van der Waals surface area contributed by atoms with Gasteiger partial charge in [0.2, 0.25) is 0 Å². The van der Waals surface area contributed by atoms with E-state index in [-0.39, 0.29) is 11.7 Å². The van der Waals surface area contributed by atoms with Crippen molar-refractivity contribution in [3.63, 3.8) is 0 Å². The van der Waals surface area contributed by atoms with Gasteiger partial charge in [0, 0.05) is 22.5 Å². The third kappa shape index (κ3) is 2.68. The SMILES string of the molecule is C[C@H](N)c1ccc(Sc2n[nH]c(=O)n2C)c(Br)c1. The predicted octanol–water partition coefficient (Wildman–Crippen LogP) is 2.04. The highest BCUT2D eigenvalue weighted by Crippen LogP contribution is 2.33. The van der Waals surface area contributed by atoms with Gasteiger partial charge in [-0.3, -0.25) is 4.57 Å². The molecule has 1 aromatic carbocycles. The van der Waals surface area contributed by atoms with E-state index in [0.29, 0.717) is 5.16 Å². The monoisotopic (exact) mass is 328 g/mol. The number of halogens is 1. The highest BCUT2D eigenvalue weighted by atomic mass is 79.9. The topological polar surface area (TPSA) is 76.7 Å². The molecule has 7 heteroatoms. The van der Waals surface area contributed by atoms with Crippen molar-refractivity contribution < 1.29 is 0 Å². The minimum absolute atomic E-state index is 0.00455. The van der Waals surface area contributed by atoms with E-state index in [2.05, 4.69) is 26.1 Å². The molecule has 1 aromatic heterocycles. The molecule has 2 aromatic rings. The average molecular weight is 329 g/mol. The van der Waals surface area contributed by atoms with E-state index in [1.54, 1.807) is 7.05 Å². The molecular weight excluding hydrogens is 316 g/mol. The Kier molecular flexibility index (Phi) is 3.94. The smallest absolute Gasteiger partial charge is 0.324 e. The van der Waals surface area contributed by atoms with Crippen LogP contribution in [0.3, 0.4) is 0 Å². The Morgan fingerprint density at radius 1 is 1.56 bits per heavy atom. The summed E-state index contributed by atoms with van der Waals surface area (Å²) in [4.78, 5) is 12.2. The van der Waals surface area contributed by atoms with Crippen molar-refractivity contribution in [2.24, 2.45) is 12.8 Å². The molecule has 0 radical (unpaired) electrons. The molecule has 96 valence electrons. The van der Waals surface area contributed by atoms with Gasteiger partial charge in [0.15, 0.2) is 5.16 Å². The highest BCUT2D eigenvalue weighted by Gasteiger charge is 2.10. The minimum atomic E-state index is -0.221. The lowest BCUT2D eigenvalue weighted by Crippen LogP contribution is -2.12. The molecule has 0 saturated heterocycles. The van der Waals surface area contributed by atoms with Crippen LogP contribution in [-0.2, 0) is 7.05 Å². The molecule has 5 nitrogen and oxygen atoms in total. The molecule has 1 heterocycles. The lowest BCUT2D eigenvalue weighted by molar-refractivity contribution is 0.765. The summed E-state index contributed by atoms with van der Waals surface area (Å²) in [6.45, 7) is 1.94. The number of aromatic amines is 1.